The monoisotopic (exact) mass is 250 g/mol. The largest absolute Gasteiger partial charge is 0.481 e. The summed E-state index contributed by atoms with van der Waals surface area (Å²) >= 11 is 0. The van der Waals surface area contributed by atoms with Gasteiger partial charge < -0.3 is 10.4 Å². The predicted octanol–water partition coefficient (Wildman–Crippen LogP) is 1.10. The second-order valence-electron chi connectivity index (χ2n) is 4.46. The predicted molar refractivity (Wildman–Crippen MR) is 66.9 cm³/mol. The summed E-state index contributed by atoms with van der Waals surface area (Å²) in [5, 5.41) is 11.6. The van der Waals surface area contributed by atoms with Gasteiger partial charge in [-0.15, -0.1) is 0 Å². The third-order valence-electron chi connectivity index (χ3n) is 2.68. The third kappa shape index (κ3) is 4.16. The summed E-state index contributed by atoms with van der Waals surface area (Å²) in [7, 11) is 0. The van der Waals surface area contributed by atoms with Crippen LogP contribution in [0.5, 0.6) is 0 Å². The van der Waals surface area contributed by atoms with Crippen LogP contribution in [0.2, 0.25) is 0 Å². The smallest absolute Gasteiger partial charge is 0.316 e. The summed E-state index contributed by atoms with van der Waals surface area (Å²) in [5.41, 5.74) is 1.06. The van der Waals surface area contributed by atoms with Crippen molar-refractivity contribution in [1.29, 1.82) is 0 Å². The maximum atomic E-state index is 11.7. The van der Waals surface area contributed by atoms with E-state index in [9.17, 15) is 9.59 Å². The molecule has 1 rings (SSSR count). The van der Waals surface area contributed by atoms with Crippen LogP contribution in [0.25, 0.3) is 0 Å². The van der Waals surface area contributed by atoms with E-state index in [0.717, 1.165) is 5.56 Å². The number of rotatable bonds is 6. The van der Waals surface area contributed by atoms with Crippen LogP contribution in [-0.4, -0.2) is 28.5 Å². The molecule has 0 saturated carbocycles. The molecular weight excluding hydrogens is 232 g/mol. The van der Waals surface area contributed by atoms with Crippen LogP contribution in [-0.2, 0) is 16.0 Å². The first kappa shape index (κ1) is 14.2. The molecule has 1 aromatic rings. The second kappa shape index (κ2) is 6.74. The summed E-state index contributed by atoms with van der Waals surface area (Å²) in [5.74, 6) is -2.70. The zero-order valence-electron chi connectivity index (χ0n) is 10.6. The molecule has 1 aromatic heterocycles. The SMILES string of the molecule is CC(C)C(C(=O)O)C(=O)NCCc1ccncc1. The van der Waals surface area contributed by atoms with Crippen molar-refractivity contribution in [3.63, 3.8) is 0 Å². The van der Waals surface area contributed by atoms with Crippen LogP contribution in [0.15, 0.2) is 24.5 Å². The van der Waals surface area contributed by atoms with Crippen molar-refractivity contribution < 1.29 is 14.7 Å². The minimum atomic E-state index is -1.08. The van der Waals surface area contributed by atoms with Gasteiger partial charge in [0.2, 0.25) is 5.91 Å². The molecule has 98 valence electrons. The van der Waals surface area contributed by atoms with E-state index >= 15 is 0 Å². The molecule has 0 spiro atoms. The number of nitrogens with zero attached hydrogens (tertiary/aromatic N) is 1. The molecule has 0 fully saturated rings. The van der Waals surface area contributed by atoms with E-state index in [1.54, 1.807) is 26.2 Å². The molecule has 0 aliphatic rings. The van der Waals surface area contributed by atoms with E-state index < -0.39 is 17.8 Å². The number of hydrogen-bond acceptors (Lipinski definition) is 3. The molecule has 0 radical (unpaired) electrons. The Morgan fingerprint density at radius 2 is 1.94 bits per heavy atom. The Kier molecular flexibility index (Phi) is 5.30. The lowest BCUT2D eigenvalue weighted by Gasteiger charge is -2.15. The molecule has 18 heavy (non-hydrogen) atoms. The summed E-state index contributed by atoms with van der Waals surface area (Å²) in [6, 6.07) is 3.73. The lowest BCUT2D eigenvalue weighted by Crippen LogP contribution is -2.39. The van der Waals surface area contributed by atoms with Gasteiger partial charge in [0.05, 0.1) is 0 Å². The standard InChI is InChI=1S/C13H18N2O3/c1-9(2)11(13(17)18)12(16)15-8-5-10-3-6-14-7-4-10/h3-4,6-7,9,11H,5,8H2,1-2H3,(H,15,16)(H,17,18). The summed E-state index contributed by atoms with van der Waals surface area (Å²) in [6.07, 6.45) is 4.04. The van der Waals surface area contributed by atoms with Crippen molar-refractivity contribution in [2.45, 2.75) is 20.3 Å². The molecule has 1 atom stereocenters. The van der Waals surface area contributed by atoms with Gasteiger partial charge in [-0.3, -0.25) is 14.6 Å². The van der Waals surface area contributed by atoms with E-state index in [1.807, 2.05) is 12.1 Å². The Bertz CT molecular complexity index is 404. The highest BCUT2D eigenvalue weighted by atomic mass is 16.4. The van der Waals surface area contributed by atoms with Gasteiger partial charge >= 0.3 is 5.97 Å². The van der Waals surface area contributed by atoms with Crippen molar-refractivity contribution in [2.24, 2.45) is 11.8 Å². The van der Waals surface area contributed by atoms with Crippen molar-refractivity contribution >= 4 is 11.9 Å². The average molecular weight is 250 g/mol. The summed E-state index contributed by atoms with van der Waals surface area (Å²) in [4.78, 5) is 26.6. The van der Waals surface area contributed by atoms with Gasteiger partial charge in [0, 0.05) is 18.9 Å². The second-order valence-corrected chi connectivity index (χ2v) is 4.46. The van der Waals surface area contributed by atoms with Gasteiger partial charge in [-0.05, 0) is 30.0 Å². The third-order valence-corrected chi connectivity index (χ3v) is 2.68. The molecule has 0 bridgehead atoms. The van der Waals surface area contributed by atoms with E-state index in [1.165, 1.54) is 0 Å². The Balaban J connectivity index is 2.43. The topological polar surface area (TPSA) is 79.3 Å². The van der Waals surface area contributed by atoms with Crippen molar-refractivity contribution in [1.82, 2.24) is 10.3 Å². The van der Waals surface area contributed by atoms with Crippen LogP contribution >= 0.6 is 0 Å². The van der Waals surface area contributed by atoms with E-state index in [-0.39, 0.29) is 5.92 Å². The van der Waals surface area contributed by atoms with E-state index in [4.69, 9.17) is 5.11 Å². The van der Waals surface area contributed by atoms with Crippen LogP contribution in [0.4, 0.5) is 0 Å². The van der Waals surface area contributed by atoms with Crippen molar-refractivity contribution in [3.05, 3.63) is 30.1 Å². The normalized spacial score (nSPS) is 12.2. The molecule has 1 heterocycles. The van der Waals surface area contributed by atoms with Crippen LogP contribution in [0.1, 0.15) is 19.4 Å². The molecule has 1 amide bonds. The number of pyridine rings is 1. The highest BCUT2D eigenvalue weighted by Gasteiger charge is 2.28. The number of carbonyl (C=O) groups excluding carboxylic acids is 1. The molecule has 0 aromatic carbocycles. The van der Waals surface area contributed by atoms with Gasteiger partial charge in [-0.2, -0.15) is 0 Å². The fourth-order valence-electron chi connectivity index (χ4n) is 1.69. The maximum Gasteiger partial charge on any atom is 0.316 e. The minimum Gasteiger partial charge on any atom is -0.481 e. The highest BCUT2D eigenvalue weighted by Crippen LogP contribution is 2.11. The average Bonchev–Trinajstić information content (AvgIpc) is 2.29. The van der Waals surface area contributed by atoms with Gasteiger partial charge in [-0.1, -0.05) is 13.8 Å². The Labute approximate surface area is 106 Å². The van der Waals surface area contributed by atoms with Crippen molar-refractivity contribution in [3.8, 4) is 0 Å². The fourth-order valence-corrected chi connectivity index (χ4v) is 1.69. The Morgan fingerprint density at radius 3 is 2.44 bits per heavy atom. The zero-order chi connectivity index (χ0) is 13.5. The molecule has 5 nitrogen and oxygen atoms in total. The number of nitrogens with one attached hydrogen (secondary N) is 1. The first-order valence-electron chi connectivity index (χ1n) is 5.91. The lowest BCUT2D eigenvalue weighted by atomic mass is 9.95. The van der Waals surface area contributed by atoms with Crippen molar-refractivity contribution in [2.75, 3.05) is 6.54 Å². The van der Waals surface area contributed by atoms with Crippen LogP contribution in [0, 0.1) is 11.8 Å². The molecular formula is C13H18N2O3. The number of carboxylic acids is 1. The Morgan fingerprint density at radius 1 is 1.33 bits per heavy atom. The Hall–Kier alpha value is -1.91. The van der Waals surface area contributed by atoms with E-state index in [0.29, 0.717) is 13.0 Å². The first-order chi connectivity index (χ1) is 8.52. The number of carbonyl (C=O) groups is 2. The number of carboxylic acid groups (broad SMARTS) is 1. The number of aromatic nitrogens is 1. The number of amides is 1. The quantitative estimate of drug-likeness (QED) is 0.741. The molecule has 0 saturated heterocycles. The highest BCUT2D eigenvalue weighted by molar-refractivity contribution is 5.97. The fraction of sp³-hybridized carbons (Fsp3) is 0.462. The number of hydrogen-bond donors (Lipinski definition) is 2. The molecule has 0 aliphatic carbocycles. The van der Waals surface area contributed by atoms with E-state index in [2.05, 4.69) is 10.3 Å². The zero-order valence-corrected chi connectivity index (χ0v) is 10.6. The van der Waals surface area contributed by atoms with Gasteiger partial charge in [0.25, 0.3) is 0 Å². The van der Waals surface area contributed by atoms with Crippen LogP contribution in [0.3, 0.4) is 0 Å². The number of aliphatic carboxylic acids is 1. The summed E-state index contributed by atoms with van der Waals surface area (Å²) in [6.45, 7) is 3.88. The first-order valence-corrected chi connectivity index (χ1v) is 5.91. The molecule has 5 heteroatoms. The molecule has 1 unspecified atom stereocenters. The molecule has 0 aliphatic heterocycles. The molecule has 2 N–H and O–H groups in total. The van der Waals surface area contributed by atoms with Crippen LogP contribution < -0.4 is 5.32 Å². The van der Waals surface area contributed by atoms with Gasteiger partial charge in [-0.25, -0.2) is 0 Å². The lowest BCUT2D eigenvalue weighted by molar-refractivity contribution is -0.148. The summed E-state index contributed by atoms with van der Waals surface area (Å²) < 4.78 is 0. The van der Waals surface area contributed by atoms with Gasteiger partial charge in [0.1, 0.15) is 5.92 Å². The minimum absolute atomic E-state index is 0.219. The van der Waals surface area contributed by atoms with Gasteiger partial charge in [0.15, 0.2) is 0 Å². The maximum absolute atomic E-state index is 11.7.